The topological polar surface area (TPSA) is 58.9 Å². The van der Waals surface area contributed by atoms with Crippen LogP contribution in [0.5, 0.6) is 0 Å². The first-order valence-corrected chi connectivity index (χ1v) is 7.29. The third-order valence-corrected chi connectivity index (χ3v) is 2.72. The van der Waals surface area contributed by atoms with E-state index in [9.17, 15) is 0 Å². The van der Waals surface area contributed by atoms with Crippen molar-refractivity contribution in [1.29, 1.82) is 0 Å². The van der Waals surface area contributed by atoms with E-state index in [0.29, 0.717) is 0 Å². The third kappa shape index (κ3) is 15.8. The van der Waals surface area contributed by atoms with Crippen molar-refractivity contribution in [3.05, 3.63) is 0 Å². The van der Waals surface area contributed by atoms with Crippen LogP contribution in [-0.4, -0.2) is 49.9 Å². The molecule has 0 aromatic heterocycles. The number of rotatable bonds is 3. The Bertz CT molecular complexity index is 94.7. The van der Waals surface area contributed by atoms with Crippen molar-refractivity contribution in [2.75, 3.05) is 39.6 Å². The summed E-state index contributed by atoms with van der Waals surface area (Å²) in [6.07, 6.45) is 9.30. The molecular formula is C14H30O4. The fraction of sp³-hybridized carbons (Fsp3) is 1.00. The number of aliphatic hydroxyl groups is 2. The van der Waals surface area contributed by atoms with Crippen molar-refractivity contribution >= 4 is 0 Å². The summed E-state index contributed by atoms with van der Waals surface area (Å²) in [6, 6.07) is 0. The Morgan fingerprint density at radius 2 is 0.889 bits per heavy atom. The molecule has 0 amide bonds. The summed E-state index contributed by atoms with van der Waals surface area (Å²) in [5.41, 5.74) is 0. The summed E-state index contributed by atoms with van der Waals surface area (Å²) in [5.74, 6) is 0. The zero-order chi connectivity index (χ0) is 13.3. The van der Waals surface area contributed by atoms with Crippen LogP contribution >= 0.6 is 0 Å². The van der Waals surface area contributed by atoms with Crippen LogP contribution in [0.15, 0.2) is 0 Å². The zero-order valence-electron chi connectivity index (χ0n) is 11.6. The molecule has 4 nitrogen and oxygen atoms in total. The highest BCUT2D eigenvalue weighted by Crippen LogP contribution is 2.02. The lowest BCUT2D eigenvalue weighted by Crippen LogP contribution is -2.03. The van der Waals surface area contributed by atoms with E-state index in [1.165, 1.54) is 38.5 Å². The van der Waals surface area contributed by atoms with Crippen LogP contribution in [-0.2, 0) is 9.47 Å². The van der Waals surface area contributed by atoms with Crippen LogP contribution in [0.25, 0.3) is 0 Å². The fourth-order valence-electron chi connectivity index (χ4n) is 1.60. The van der Waals surface area contributed by atoms with Gasteiger partial charge in [-0.2, -0.15) is 0 Å². The molecule has 0 unspecified atom stereocenters. The third-order valence-electron chi connectivity index (χ3n) is 2.72. The molecule has 0 aromatic carbocycles. The van der Waals surface area contributed by atoms with Gasteiger partial charge in [-0.05, 0) is 51.4 Å². The largest absolute Gasteiger partial charge is 0.396 e. The lowest BCUT2D eigenvalue weighted by molar-refractivity contribution is 0.0967. The van der Waals surface area contributed by atoms with Crippen molar-refractivity contribution in [3.63, 3.8) is 0 Å². The van der Waals surface area contributed by atoms with E-state index < -0.39 is 0 Å². The molecule has 2 saturated heterocycles. The molecule has 0 aromatic rings. The fourth-order valence-corrected chi connectivity index (χ4v) is 1.60. The molecule has 2 aliphatic heterocycles. The maximum Gasteiger partial charge on any atom is 0.0466 e. The highest BCUT2D eigenvalue weighted by atomic mass is 16.5. The summed E-state index contributed by atoms with van der Waals surface area (Å²) in [4.78, 5) is 0. The van der Waals surface area contributed by atoms with Gasteiger partial charge >= 0.3 is 0 Å². The van der Waals surface area contributed by atoms with Gasteiger partial charge < -0.3 is 19.7 Å². The molecule has 0 aliphatic carbocycles. The SMILES string of the molecule is C1CCOCC1.C1CCOCC1.OCCCCO. The Morgan fingerprint density at radius 3 is 1.00 bits per heavy atom. The van der Waals surface area contributed by atoms with Crippen LogP contribution in [0.3, 0.4) is 0 Å². The van der Waals surface area contributed by atoms with Crippen molar-refractivity contribution < 1.29 is 19.7 Å². The Kier molecular flexibility index (Phi) is 16.7. The van der Waals surface area contributed by atoms with Crippen molar-refractivity contribution in [3.8, 4) is 0 Å². The molecule has 110 valence electrons. The minimum atomic E-state index is 0.195. The monoisotopic (exact) mass is 262 g/mol. The number of hydrogen-bond acceptors (Lipinski definition) is 4. The molecule has 0 atom stereocenters. The van der Waals surface area contributed by atoms with Gasteiger partial charge in [0.1, 0.15) is 0 Å². The van der Waals surface area contributed by atoms with E-state index in [1.54, 1.807) is 0 Å². The highest BCUT2D eigenvalue weighted by Gasteiger charge is 1.95. The van der Waals surface area contributed by atoms with Gasteiger partial charge in [0.2, 0.25) is 0 Å². The number of aliphatic hydroxyl groups excluding tert-OH is 2. The minimum absolute atomic E-state index is 0.195. The predicted molar refractivity (Wildman–Crippen MR) is 72.7 cm³/mol. The lowest BCUT2D eigenvalue weighted by atomic mass is 10.2. The Hall–Kier alpha value is -0.160. The predicted octanol–water partition coefficient (Wildman–Crippen LogP) is 2.13. The smallest absolute Gasteiger partial charge is 0.0466 e. The summed E-state index contributed by atoms with van der Waals surface area (Å²) >= 11 is 0. The summed E-state index contributed by atoms with van der Waals surface area (Å²) in [6.45, 7) is 4.39. The molecule has 0 radical (unpaired) electrons. The molecule has 4 heteroatoms. The maximum absolute atomic E-state index is 8.09. The quantitative estimate of drug-likeness (QED) is 0.765. The van der Waals surface area contributed by atoms with Gasteiger partial charge in [0.05, 0.1) is 0 Å². The Balaban J connectivity index is 0.000000241. The minimum Gasteiger partial charge on any atom is -0.396 e. The summed E-state index contributed by atoms with van der Waals surface area (Å²) < 4.78 is 10.1. The average Bonchev–Trinajstić information content (AvgIpc) is 2.50. The molecular weight excluding hydrogens is 232 g/mol. The van der Waals surface area contributed by atoms with E-state index in [-0.39, 0.29) is 13.2 Å². The van der Waals surface area contributed by atoms with Gasteiger partial charge in [0.15, 0.2) is 0 Å². The second-order valence-electron chi connectivity index (χ2n) is 4.50. The second-order valence-corrected chi connectivity index (χ2v) is 4.50. The second kappa shape index (κ2) is 16.8. The van der Waals surface area contributed by atoms with Crippen LogP contribution < -0.4 is 0 Å². The van der Waals surface area contributed by atoms with Gasteiger partial charge in [0.25, 0.3) is 0 Å². The lowest BCUT2D eigenvalue weighted by Gasteiger charge is -2.08. The number of ether oxygens (including phenoxy) is 2. The van der Waals surface area contributed by atoms with E-state index in [2.05, 4.69) is 0 Å². The van der Waals surface area contributed by atoms with Crippen molar-refractivity contribution in [2.45, 2.75) is 51.4 Å². The molecule has 0 saturated carbocycles. The van der Waals surface area contributed by atoms with Gasteiger partial charge in [-0.25, -0.2) is 0 Å². The Labute approximate surface area is 111 Å². The molecule has 0 bridgehead atoms. The van der Waals surface area contributed by atoms with E-state index in [1.807, 2.05) is 0 Å². The molecule has 18 heavy (non-hydrogen) atoms. The molecule has 2 fully saturated rings. The van der Waals surface area contributed by atoms with Gasteiger partial charge in [-0.1, -0.05) is 0 Å². The first-order valence-electron chi connectivity index (χ1n) is 7.29. The zero-order valence-corrected chi connectivity index (χ0v) is 11.6. The van der Waals surface area contributed by atoms with E-state index in [4.69, 9.17) is 19.7 Å². The number of hydrogen-bond donors (Lipinski definition) is 2. The van der Waals surface area contributed by atoms with Crippen LogP contribution in [0.2, 0.25) is 0 Å². The average molecular weight is 262 g/mol. The summed E-state index contributed by atoms with van der Waals surface area (Å²) in [5, 5.41) is 16.2. The first-order chi connectivity index (χ1) is 8.91. The van der Waals surface area contributed by atoms with Crippen LogP contribution in [0.1, 0.15) is 51.4 Å². The number of unbranched alkanes of at least 4 members (excludes halogenated alkanes) is 1. The van der Waals surface area contributed by atoms with Gasteiger partial charge in [-0.15, -0.1) is 0 Å². The molecule has 2 heterocycles. The molecule has 2 rings (SSSR count). The van der Waals surface area contributed by atoms with Gasteiger partial charge in [0, 0.05) is 39.6 Å². The normalized spacial score (nSPS) is 19.0. The van der Waals surface area contributed by atoms with Crippen LogP contribution in [0.4, 0.5) is 0 Å². The standard InChI is InChI=1S/2C5H10O.C4H10O2/c2*1-2-4-6-5-3-1;5-3-1-2-4-6/h2*1-5H2;5-6H,1-4H2. The van der Waals surface area contributed by atoms with Gasteiger partial charge in [-0.3, -0.25) is 0 Å². The van der Waals surface area contributed by atoms with Crippen LogP contribution in [0, 0.1) is 0 Å². The molecule has 0 spiro atoms. The van der Waals surface area contributed by atoms with E-state index in [0.717, 1.165) is 39.3 Å². The van der Waals surface area contributed by atoms with Crippen molar-refractivity contribution in [1.82, 2.24) is 0 Å². The van der Waals surface area contributed by atoms with E-state index >= 15 is 0 Å². The maximum atomic E-state index is 8.09. The summed E-state index contributed by atoms with van der Waals surface area (Å²) in [7, 11) is 0. The van der Waals surface area contributed by atoms with Crippen molar-refractivity contribution in [2.24, 2.45) is 0 Å². The molecule has 2 N–H and O–H groups in total. The molecule has 2 aliphatic rings. The Morgan fingerprint density at radius 1 is 0.556 bits per heavy atom. The first kappa shape index (κ1) is 17.8. The highest BCUT2D eigenvalue weighted by molar-refractivity contribution is 4.45.